The van der Waals surface area contributed by atoms with Gasteiger partial charge in [-0.05, 0) is 36.8 Å². The maximum atomic E-state index is 5.43. The van der Waals surface area contributed by atoms with E-state index in [9.17, 15) is 0 Å². The number of thiazole rings is 1. The molecule has 25 heavy (non-hydrogen) atoms. The number of fused-ring (bicyclic) bond motifs is 2. The molecule has 4 rings (SSSR count). The van der Waals surface area contributed by atoms with Crippen molar-refractivity contribution in [3.8, 4) is 16.3 Å². The van der Waals surface area contributed by atoms with Gasteiger partial charge in [-0.2, -0.15) is 0 Å². The minimum absolute atomic E-state index is 0.449. The molecule has 0 saturated heterocycles. The van der Waals surface area contributed by atoms with E-state index >= 15 is 0 Å². The Morgan fingerprint density at radius 3 is 2.76 bits per heavy atom. The smallest absolute Gasteiger partial charge is 0.145 e. The first-order valence-corrected chi connectivity index (χ1v) is 8.70. The van der Waals surface area contributed by atoms with Gasteiger partial charge in [-0.15, -0.1) is 11.3 Å². The van der Waals surface area contributed by atoms with Crippen molar-refractivity contribution in [1.82, 2.24) is 15.0 Å². The number of nitrogens with zero attached hydrogens (tertiary/aromatic N) is 3. The number of rotatable bonds is 4. The zero-order valence-corrected chi connectivity index (χ0v) is 15.1. The predicted molar refractivity (Wildman–Crippen MR) is 100 cm³/mol. The Bertz CT molecular complexity index is 1080. The van der Waals surface area contributed by atoms with E-state index in [0.717, 1.165) is 48.8 Å². The van der Waals surface area contributed by atoms with Gasteiger partial charge < -0.3 is 9.47 Å². The zero-order chi connectivity index (χ0) is 17.4. The molecule has 0 aliphatic rings. The highest BCUT2D eigenvalue weighted by Crippen LogP contribution is 2.37. The molecular weight excluding hydrogens is 334 g/mol. The van der Waals surface area contributed by atoms with E-state index in [2.05, 4.69) is 29.0 Å². The average Bonchev–Trinajstić information content (AvgIpc) is 3.05. The fraction of sp³-hybridized carbons (Fsp3) is 0.211. The molecule has 0 aliphatic heterocycles. The van der Waals surface area contributed by atoms with Crippen molar-refractivity contribution >= 4 is 32.6 Å². The van der Waals surface area contributed by atoms with Crippen molar-refractivity contribution in [3.05, 3.63) is 47.8 Å². The molecule has 5 nitrogen and oxygen atoms in total. The van der Waals surface area contributed by atoms with Crippen molar-refractivity contribution in [2.75, 3.05) is 14.2 Å². The SMILES string of the molecule is COCc1cnc2c(-c3nc4c(OC)cccc4s3)cc(C)cc2n1. The summed E-state index contributed by atoms with van der Waals surface area (Å²) in [5.41, 5.74) is 5.52. The number of ether oxygens (including phenoxy) is 2. The maximum Gasteiger partial charge on any atom is 0.145 e. The van der Waals surface area contributed by atoms with E-state index in [-0.39, 0.29) is 0 Å². The molecular formula is C19H17N3O2S. The topological polar surface area (TPSA) is 57.1 Å². The quantitative estimate of drug-likeness (QED) is 0.546. The third kappa shape index (κ3) is 2.83. The molecule has 0 bridgehead atoms. The Labute approximate surface area is 149 Å². The predicted octanol–water partition coefficient (Wildman–Crippen LogP) is 4.37. The summed E-state index contributed by atoms with van der Waals surface area (Å²) in [6, 6.07) is 10.1. The highest BCUT2D eigenvalue weighted by atomic mass is 32.1. The summed E-state index contributed by atoms with van der Waals surface area (Å²) >= 11 is 1.63. The highest BCUT2D eigenvalue weighted by molar-refractivity contribution is 7.21. The van der Waals surface area contributed by atoms with Gasteiger partial charge in [0.2, 0.25) is 0 Å². The fourth-order valence-corrected chi connectivity index (χ4v) is 3.89. The number of benzene rings is 2. The Balaban J connectivity index is 1.94. The van der Waals surface area contributed by atoms with Gasteiger partial charge in [0.25, 0.3) is 0 Å². The molecule has 2 aromatic heterocycles. The van der Waals surface area contributed by atoms with Crippen molar-refractivity contribution in [2.45, 2.75) is 13.5 Å². The molecule has 4 aromatic rings. The Hall–Kier alpha value is -2.57. The average molecular weight is 351 g/mol. The zero-order valence-electron chi connectivity index (χ0n) is 14.2. The van der Waals surface area contributed by atoms with Gasteiger partial charge in [-0.3, -0.25) is 4.98 Å². The van der Waals surface area contributed by atoms with Crippen LogP contribution in [0.5, 0.6) is 5.75 Å². The first kappa shape index (κ1) is 15.9. The summed E-state index contributed by atoms with van der Waals surface area (Å²) in [6.07, 6.45) is 1.76. The lowest BCUT2D eigenvalue weighted by Gasteiger charge is -2.06. The number of hydrogen-bond donors (Lipinski definition) is 0. The first-order chi connectivity index (χ1) is 12.2. The van der Waals surface area contributed by atoms with Gasteiger partial charge in [-0.1, -0.05) is 6.07 Å². The van der Waals surface area contributed by atoms with E-state index in [4.69, 9.17) is 14.5 Å². The van der Waals surface area contributed by atoms with Gasteiger partial charge >= 0.3 is 0 Å². The van der Waals surface area contributed by atoms with Crippen molar-refractivity contribution in [3.63, 3.8) is 0 Å². The molecule has 2 heterocycles. The van der Waals surface area contributed by atoms with E-state index in [1.54, 1.807) is 31.8 Å². The van der Waals surface area contributed by atoms with Gasteiger partial charge in [-0.25, -0.2) is 9.97 Å². The highest BCUT2D eigenvalue weighted by Gasteiger charge is 2.15. The standard InChI is InChI=1S/C19H17N3O2S/c1-11-7-13(17-14(8-11)21-12(9-20-17)10-23-2)19-22-18-15(24-3)5-4-6-16(18)25-19/h4-9H,10H2,1-3H3. The van der Waals surface area contributed by atoms with Gasteiger partial charge in [0, 0.05) is 12.7 Å². The molecule has 0 radical (unpaired) electrons. The molecule has 0 saturated carbocycles. The number of hydrogen-bond acceptors (Lipinski definition) is 6. The van der Waals surface area contributed by atoms with Crippen LogP contribution in [0.25, 0.3) is 31.8 Å². The van der Waals surface area contributed by atoms with Crippen LogP contribution in [0.2, 0.25) is 0 Å². The first-order valence-electron chi connectivity index (χ1n) is 7.88. The third-order valence-electron chi connectivity index (χ3n) is 3.97. The van der Waals surface area contributed by atoms with Gasteiger partial charge in [0.1, 0.15) is 16.3 Å². The van der Waals surface area contributed by atoms with Crippen LogP contribution in [-0.4, -0.2) is 29.2 Å². The monoisotopic (exact) mass is 351 g/mol. The van der Waals surface area contributed by atoms with Crippen LogP contribution in [0.3, 0.4) is 0 Å². The maximum absolute atomic E-state index is 5.43. The van der Waals surface area contributed by atoms with E-state index in [0.29, 0.717) is 6.61 Å². The molecule has 0 N–H and O–H groups in total. The fourth-order valence-electron chi connectivity index (χ4n) is 2.89. The van der Waals surface area contributed by atoms with Crippen molar-refractivity contribution in [2.24, 2.45) is 0 Å². The second-order valence-corrected chi connectivity index (χ2v) is 6.83. The van der Waals surface area contributed by atoms with Crippen molar-refractivity contribution < 1.29 is 9.47 Å². The normalized spacial score (nSPS) is 11.3. The van der Waals surface area contributed by atoms with E-state index < -0.39 is 0 Å². The molecule has 0 spiro atoms. The van der Waals surface area contributed by atoms with Crippen molar-refractivity contribution in [1.29, 1.82) is 0 Å². The van der Waals surface area contributed by atoms with Crippen LogP contribution in [0.1, 0.15) is 11.3 Å². The largest absolute Gasteiger partial charge is 0.494 e. The summed E-state index contributed by atoms with van der Waals surface area (Å²) in [5, 5.41) is 0.919. The summed E-state index contributed by atoms with van der Waals surface area (Å²) in [4.78, 5) is 14.1. The molecule has 2 aromatic carbocycles. The minimum Gasteiger partial charge on any atom is -0.494 e. The Kier molecular flexibility index (Phi) is 4.07. The van der Waals surface area contributed by atoms with Gasteiger partial charge in [0.05, 0.1) is 41.3 Å². The summed E-state index contributed by atoms with van der Waals surface area (Å²) in [5.74, 6) is 0.783. The molecule has 0 unspecified atom stereocenters. The summed E-state index contributed by atoms with van der Waals surface area (Å²) in [7, 11) is 3.32. The lowest BCUT2D eigenvalue weighted by molar-refractivity contribution is 0.181. The van der Waals surface area contributed by atoms with Crippen LogP contribution < -0.4 is 4.74 Å². The number of aryl methyl sites for hydroxylation is 1. The van der Waals surface area contributed by atoms with Crippen LogP contribution in [0.4, 0.5) is 0 Å². The summed E-state index contributed by atoms with van der Waals surface area (Å²) < 4.78 is 11.7. The summed E-state index contributed by atoms with van der Waals surface area (Å²) in [6.45, 7) is 2.51. The molecule has 6 heteroatoms. The van der Waals surface area contributed by atoms with E-state index in [1.807, 2.05) is 18.2 Å². The van der Waals surface area contributed by atoms with Crippen LogP contribution in [0.15, 0.2) is 36.5 Å². The lowest BCUT2D eigenvalue weighted by atomic mass is 10.1. The number of methoxy groups -OCH3 is 2. The molecule has 0 aliphatic carbocycles. The third-order valence-corrected chi connectivity index (χ3v) is 5.02. The van der Waals surface area contributed by atoms with Crippen LogP contribution in [-0.2, 0) is 11.3 Å². The van der Waals surface area contributed by atoms with E-state index in [1.165, 1.54) is 0 Å². The van der Waals surface area contributed by atoms with Crippen LogP contribution in [0, 0.1) is 6.92 Å². The van der Waals surface area contributed by atoms with Crippen LogP contribution >= 0.6 is 11.3 Å². The Morgan fingerprint density at radius 1 is 1.08 bits per heavy atom. The minimum atomic E-state index is 0.449. The Morgan fingerprint density at radius 2 is 1.96 bits per heavy atom. The molecule has 0 atom stereocenters. The molecule has 126 valence electrons. The second kappa shape index (κ2) is 6.38. The number of aromatic nitrogens is 3. The lowest BCUT2D eigenvalue weighted by Crippen LogP contribution is -1.96. The molecule has 0 fully saturated rings. The second-order valence-electron chi connectivity index (χ2n) is 5.80. The van der Waals surface area contributed by atoms with Gasteiger partial charge in [0.15, 0.2) is 0 Å². The number of para-hydroxylation sites is 1. The molecule has 0 amide bonds.